The van der Waals surface area contributed by atoms with Crippen LogP contribution in [-0.2, 0) is 0 Å². The molecule has 20 heavy (non-hydrogen) atoms. The van der Waals surface area contributed by atoms with Crippen molar-refractivity contribution in [3.63, 3.8) is 0 Å². The molecule has 0 saturated heterocycles. The van der Waals surface area contributed by atoms with Crippen molar-refractivity contribution in [2.75, 3.05) is 7.11 Å². The van der Waals surface area contributed by atoms with Crippen LogP contribution in [0, 0.1) is 5.92 Å². The van der Waals surface area contributed by atoms with E-state index >= 15 is 0 Å². The second kappa shape index (κ2) is 6.15. The number of nitrogens with one attached hydrogen (secondary N) is 1. The van der Waals surface area contributed by atoms with Crippen LogP contribution >= 0.6 is 0 Å². The molecule has 3 nitrogen and oxygen atoms in total. The quantitative estimate of drug-likeness (QED) is 0.867. The molecule has 2 saturated carbocycles. The summed E-state index contributed by atoms with van der Waals surface area (Å²) >= 11 is 0. The van der Waals surface area contributed by atoms with Gasteiger partial charge in [0.25, 0.3) is 0 Å². The van der Waals surface area contributed by atoms with E-state index < -0.39 is 0 Å². The van der Waals surface area contributed by atoms with Gasteiger partial charge in [0.15, 0.2) is 0 Å². The Bertz CT molecular complexity index is 419. The Labute approximate surface area is 121 Å². The summed E-state index contributed by atoms with van der Waals surface area (Å²) in [5, 5.41) is 3.90. The van der Waals surface area contributed by atoms with Crippen LogP contribution in [0.25, 0.3) is 0 Å². The largest absolute Gasteiger partial charge is 0.497 e. The Morgan fingerprint density at radius 1 is 1.05 bits per heavy atom. The molecule has 0 heterocycles. The van der Waals surface area contributed by atoms with E-state index in [0.29, 0.717) is 18.1 Å². The minimum absolute atomic E-state index is 0.424. The molecule has 2 aliphatic rings. The average Bonchev–Trinajstić information content (AvgIpc) is 3.31. The third kappa shape index (κ3) is 3.33. The normalized spacial score (nSPS) is 28.1. The first-order valence-electron chi connectivity index (χ1n) is 7.92. The number of benzene rings is 1. The van der Waals surface area contributed by atoms with Crippen LogP contribution in [0.2, 0.25) is 0 Å². The van der Waals surface area contributed by atoms with Gasteiger partial charge in [0.2, 0.25) is 0 Å². The lowest BCUT2D eigenvalue weighted by Crippen LogP contribution is -2.39. The van der Waals surface area contributed by atoms with Crippen LogP contribution in [0.3, 0.4) is 0 Å². The van der Waals surface area contributed by atoms with E-state index in [1.807, 2.05) is 0 Å². The highest BCUT2D eigenvalue weighted by atomic mass is 16.5. The molecule has 2 aliphatic carbocycles. The molecule has 0 aliphatic heterocycles. The predicted octanol–water partition coefficient (Wildman–Crippen LogP) is 3.01. The maximum atomic E-state index is 6.00. The van der Waals surface area contributed by atoms with Crippen molar-refractivity contribution in [2.45, 2.75) is 56.7 Å². The standard InChI is InChI=1S/C17H26N2O/c1-20-16-10-4-13(5-11-16)17(12-2-3-12)19-15-8-6-14(18)7-9-15/h4-5,10-12,14-15,17,19H,2-3,6-9,18H2,1H3. The van der Waals surface area contributed by atoms with Crippen molar-refractivity contribution >= 4 is 0 Å². The van der Waals surface area contributed by atoms with Crippen LogP contribution < -0.4 is 15.8 Å². The molecule has 3 heteroatoms. The Balaban J connectivity index is 1.65. The minimum atomic E-state index is 0.424. The molecule has 110 valence electrons. The number of rotatable bonds is 5. The van der Waals surface area contributed by atoms with Crippen LogP contribution in [-0.4, -0.2) is 19.2 Å². The molecule has 1 aromatic carbocycles. The zero-order valence-electron chi connectivity index (χ0n) is 12.3. The van der Waals surface area contributed by atoms with Crippen LogP contribution in [0.1, 0.15) is 50.1 Å². The molecule has 0 amide bonds. The Morgan fingerprint density at radius 3 is 2.25 bits per heavy atom. The molecule has 1 unspecified atom stereocenters. The second-order valence-electron chi connectivity index (χ2n) is 6.37. The zero-order chi connectivity index (χ0) is 13.9. The number of nitrogens with two attached hydrogens (primary N) is 1. The number of ether oxygens (including phenoxy) is 1. The molecule has 3 rings (SSSR count). The van der Waals surface area contributed by atoms with Crippen LogP contribution in [0.4, 0.5) is 0 Å². The maximum absolute atomic E-state index is 6.00. The van der Waals surface area contributed by atoms with Gasteiger partial charge in [-0.1, -0.05) is 12.1 Å². The third-order valence-electron chi connectivity index (χ3n) is 4.76. The van der Waals surface area contributed by atoms with Crippen molar-refractivity contribution in [1.82, 2.24) is 5.32 Å². The fourth-order valence-corrected chi connectivity index (χ4v) is 3.29. The molecular formula is C17H26N2O. The molecule has 0 aromatic heterocycles. The summed E-state index contributed by atoms with van der Waals surface area (Å²) in [5.41, 5.74) is 7.41. The lowest BCUT2D eigenvalue weighted by atomic mass is 9.90. The van der Waals surface area contributed by atoms with Gasteiger partial charge in [0.05, 0.1) is 7.11 Å². The molecule has 0 spiro atoms. The summed E-state index contributed by atoms with van der Waals surface area (Å²) in [6, 6.07) is 10.1. The van der Waals surface area contributed by atoms with E-state index in [1.165, 1.54) is 31.2 Å². The Hall–Kier alpha value is -1.06. The SMILES string of the molecule is COc1ccc(C(NC2CCC(N)CC2)C2CC2)cc1. The summed E-state index contributed by atoms with van der Waals surface area (Å²) in [6.45, 7) is 0. The molecule has 1 atom stereocenters. The molecule has 0 bridgehead atoms. The summed E-state index contributed by atoms with van der Waals surface area (Å²) < 4.78 is 5.25. The predicted molar refractivity (Wildman–Crippen MR) is 81.8 cm³/mol. The first kappa shape index (κ1) is 13.9. The fourth-order valence-electron chi connectivity index (χ4n) is 3.29. The van der Waals surface area contributed by atoms with Gasteiger partial charge < -0.3 is 15.8 Å². The lowest BCUT2D eigenvalue weighted by molar-refractivity contribution is 0.303. The highest BCUT2D eigenvalue weighted by Gasteiger charge is 2.34. The summed E-state index contributed by atoms with van der Waals surface area (Å²) in [6.07, 6.45) is 7.49. The third-order valence-corrected chi connectivity index (χ3v) is 4.76. The van der Waals surface area contributed by atoms with Gasteiger partial charge in [0, 0.05) is 18.1 Å². The molecule has 1 aromatic rings. The Morgan fingerprint density at radius 2 is 1.70 bits per heavy atom. The first-order valence-corrected chi connectivity index (χ1v) is 7.92. The van der Waals surface area contributed by atoms with Crippen LogP contribution in [0.15, 0.2) is 24.3 Å². The van der Waals surface area contributed by atoms with Crippen molar-refractivity contribution < 1.29 is 4.74 Å². The van der Waals surface area contributed by atoms with Crippen molar-refractivity contribution in [3.8, 4) is 5.75 Å². The average molecular weight is 274 g/mol. The van der Waals surface area contributed by atoms with E-state index in [-0.39, 0.29) is 0 Å². The maximum Gasteiger partial charge on any atom is 0.118 e. The number of hydrogen-bond donors (Lipinski definition) is 2. The van der Waals surface area contributed by atoms with Crippen molar-refractivity contribution in [3.05, 3.63) is 29.8 Å². The number of hydrogen-bond acceptors (Lipinski definition) is 3. The van der Waals surface area contributed by atoms with E-state index in [1.54, 1.807) is 7.11 Å². The molecule has 0 radical (unpaired) electrons. The first-order chi connectivity index (χ1) is 9.76. The highest BCUT2D eigenvalue weighted by molar-refractivity contribution is 5.30. The van der Waals surface area contributed by atoms with Gasteiger partial charge >= 0.3 is 0 Å². The smallest absolute Gasteiger partial charge is 0.118 e. The van der Waals surface area contributed by atoms with Gasteiger partial charge in [-0.2, -0.15) is 0 Å². The Kier molecular flexibility index (Phi) is 4.27. The monoisotopic (exact) mass is 274 g/mol. The highest BCUT2D eigenvalue weighted by Crippen LogP contribution is 2.42. The molecular weight excluding hydrogens is 248 g/mol. The summed E-state index contributed by atoms with van der Waals surface area (Å²) in [5.74, 6) is 1.76. The second-order valence-corrected chi connectivity index (χ2v) is 6.37. The van der Waals surface area contributed by atoms with Gasteiger partial charge in [0.1, 0.15) is 5.75 Å². The van der Waals surface area contributed by atoms with Gasteiger partial charge in [-0.25, -0.2) is 0 Å². The zero-order valence-corrected chi connectivity index (χ0v) is 12.3. The van der Waals surface area contributed by atoms with Gasteiger partial charge in [-0.3, -0.25) is 0 Å². The van der Waals surface area contributed by atoms with E-state index in [0.717, 1.165) is 24.5 Å². The van der Waals surface area contributed by atoms with E-state index in [9.17, 15) is 0 Å². The van der Waals surface area contributed by atoms with Crippen molar-refractivity contribution in [2.24, 2.45) is 11.7 Å². The summed E-state index contributed by atoms with van der Waals surface area (Å²) in [4.78, 5) is 0. The summed E-state index contributed by atoms with van der Waals surface area (Å²) in [7, 11) is 1.72. The van der Waals surface area contributed by atoms with Gasteiger partial charge in [-0.15, -0.1) is 0 Å². The lowest BCUT2D eigenvalue weighted by Gasteiger charge is -2.31. The fraction of sp³-hybridized carbons (Fsp3) is 0.647. The molecule has 3 N–H and O–H groups in total. The van der Waals surface area contributed by atoms with E-state index in [4.69, 9.17) is 10.5 Å². The topological polar surface area (TPSA) is 47.3 Å². The van der Waals surface area contributed by atoms with Crippen LogP contribution in [0.5, 0.6) is 5.75 Å². The minimum Gasteiger partial charge on any atom is -0.497 e. The number of methoxy groups -OCH3 is 1. The van der Waals surface area contributed by atoms with E-state index in [2.05, 4.69) is 29.6 Å². The van der Waals surface area contributed by atoms with Crippen molar-refractivity contribution in [1.29, 1.82) is 0 Å². The molecule has 2 fully saturated rings. The van der Waals surface area contributed by atoms with Gasteiger partial charge in [-0.05, 0) is 62.1 Å².